The Labute approximate surface area is 221 Å². The molecule has 0 radical (unpaired) electrons. The van der Waals surface area contributed by atoms with Crippen LogP contribution in [0.25, 0.3) is 0 Å². The summed E-state index contributed by atoms with van der Waals surface area (Å²) >= 11 is 0. The summed E-state index contributed by atoms with van der Waals surface area (Å²) in [5.74, 6) is 0.0472. The molecule has 0 aliphatic carbocycles. The number of alkyl halides is 1. The molecular weight excluding hydrogens is 544 g/mol. The van der Waals surface area contributed by atoms with E-state index in [1.165, 1.54) is 25.1 Å². The second kappa shape index (κ2) is 11.1. The van der Waals surface area contributed by atoms with Crippen molar-refractivity contribution in [3.63, 3.8) is 0 Å². The second-order valence-corrected chi connectivity index (χ2v) is 11.1. The highest BCUT2D eigenvalue weighted by atomic mass is 31.2. The van der Waals surface area contributed by atoms with Crippen LogP contribution in [0.5, 0.6) is 17.2 Å². The summed E-state index contributed by atoms with van der Waals surface area (Å²) in [5.41, 5.74) is -4.17. The predicted octanol–water partition coefficient (Wildman–Crippen LogP) is 1.39. The van der Waals surface area contributed by atoms with Crippen LogP contribution in [0.3, 0.4) is 0 Å². The summed E-state index contributed by atoms with van der Waals surface area (Å²) in [4.78, 5) is 37.9. The first-order valence-electron chi connectivity index (χ1n) is 11.9. The molecule has 214 valence electrons. The number of aromatic amines is 1. The molecule has 4 rings (SSSR count). The fourth-order valence-electron chi connectivity index (χ4n) is 3.92. The molecule has 16 heteroatoms. The average molecular weight is 573 g/mol. The van der Waals surface area contributed by atoms with E-state index in [4.69, 9.17) is 28.0 Å². The molecule has 3 heterocycles. The molecule has 39 heavy (non-hydrogen) atoms. The van der Waals surface area contributed by atoms with E-state index in [-0.39, 0.29) is 12.5 Å². The highest BCUT2D eigenvalue weighted by Gasteiger charge is 2.56. The third-order valence-electron chi connectivity index (χ3n) is 5.86. The minimum Gasteiger partial charge on any atom is -0.462 e. The lowest BCUT2D eigenvalue weighted by Crippen LogP contribution is -2.43. The molecule has 1 unspecified atom stereocenters. The van der Waals surface area contributed by atoms with Crippen LogP contribution < -0.4 is 30.3 Å². The summed E-state index contributed by atoms with van der Waals surface area (Å²) in [7, 11) is -4.43. The van der Waals surface area contributed by atoms with Crippen LogP contribution in [0.1, 0.15) is 33.9 Å². The van der Waals surface area contributed by atoms with Crippen molar-refractivity contribution >= 4 is 13.7 Å². The number of nitrogens with zero attached hydrogens (tertiary/aromatic N) is 1. The Morgan fingerprint density at radius 1 is 1.28 bits per heavy atom. The van der Waals surface area contributed by atoms with Gasteiger partial charge in [-0.15, -0.1) is 0 Å². The lowest BCUT2D eigenvalue weighted by atomic mass is 9.98. The van der Waals surface area contributed by atoms with Crippen LogP contribution in [-0.4, -0.2) is 64.0 Å². The molecule has 1 aromatic heterocycles. The Morgan fingerprint density at radius 3 is 2.69 bits per heavy atom. The number of esters is 1. The number of hydrogen-bond donors (Lipinski definition) is 3. The summed E-state index contributed by atoms with van der Waals surface area (Å²) in [6.45, 7) is 4.96. The predicted molar refractivity (Wildman–Crippen MR) is 131 cm³/mol. The number of H-pyrrole nitrogens is 1. The standard InChI is InChI=1S/C23H29FN3O11P/c1-12(2)36-20(30)13(3)26-39(32,38-14-5-6-15-16(9-14)34-11-33-15)35-10-17-19(29)23(4,24)21(37-17)27-8-7-18(28)25-22(27)31/h5-9,12-13,17,19,21,29H,10-11H2,1-4H3,(H,26,32)(H,25,28,31)/t13-,17+,19+,21+,23+,39?/m0/s1. The molecule has 0 amide bonds. The first-order chi connectivity index (χ1) is 18.3. The van der Waals surface area contributed by atoms with Crippen LogP contribution in [0.4, 0.5) is 4.39 Å². The minimum absolute atomic E-state index is 0.0122. The molecule has 1 fully saturated rings. The molecule has 14 nitrogen and oxygen atoms in total. The van der Waals surface area contributed by atoms with Crippen molar-refractivity contribution in [2.45, 2.75) is 63.9 Å². The topological polar surface area (TPSA) is 177 Å². The summed E-state index contributed by atoms with van der Waals surface area (Å²) < 4.78 is 62.4. The Morgan fingerprint density at radius 2 is 2.00 bits per heavy atom. The van der Waals surface area contributed by atoms with Crippen molar-refractivity contribution in [2.75, 3.05) is 13.4 Å². The van der Waals surface area contributed by atoms with Gasteiger partial charge in [0.1, 0.15) is 24.0 Å². The molecule has 1 saturated heterocycles. The zero-order valence-corrected chi connectivity index (χ0v) is 22.4. The number of halogens is 1. The number of ether oxygens (including phenoxy) is 4. The highest BCUT2D eigenvalue weighted by Crippen LogP contribution is 2.49. The Hall–Kier alpha value is -3.23. The normalized spacial score (nSPS) is 26.3. The number of fused-ring (bicyclic) bond motifs is 1. The molecular formula is C23H29FN3O11P. The van der Waals surface area contributed by atoms with Crippen molar-refractivity contribution in [3.05, 3.63) is 51.3 Å². The molecule has 2 aromatic rings. The van der Waals surface area contributed by atoms with Gasteiger partial charge in [0.25, 0.3) is 5.56 Å². The van der Waals surface area contributed by atoms with E-state index in [9.17, 15) is 24.1 Å². The molecule has 0 spiro atoms. The van der Waals surface area contributed by atoms with Crippen LogP contribution in [0, 0.1) is 0 Å². The quantitative estimate of drug-likeness (QED) is 0.275. The van der Waals surface area contributed by atoms with Gasteiger partial charge in [0.2, 0.25) is 6.79 Å². The Kier molecular flexibility index (Phi) is 8.19. The van der Waals surface area contributed by atoms with Gasteiger partial charge in [-0.05, 0) is 39.8 Å². The maximum Gasteiger partial charge on any atom is 0.459 e. The summed E-state index contributed by atoms with van der Waals surface area (Å²) in [6.07, 6.45) is -4.35. The van der Waals surface area contributed by atoms with Crippen LogP contribution >= 0.6 is 7.75 Å². The molecule has 3 N–H and O–H groups in total. The number of aromatic nitrogens is 2. The third-order valence-corrected chi connectivity index (χ3v) is 7.50. The number of carbonyl (C=O) groups is 1. The van der Waals surface area contributed by atoms with E-state index in [0.29, 0.717) is 11.5 Å². The van der Waals surface area contributed by atoms with Crippen LogP contribution in [0.2, 0.25) is 0 Å². The van der Waals surface area contributed by atoms with Gasteiger partial charge in [0, 0.05) is 18.3 Å². The number of benzene rings is 1. The van der Waals surface area contributed by atoms with Gasteiger partial charge < -0.3 is 28.6 Å². The van der Waals surface area contributed by atoms with Gasteiger partial charge in [-0.25, -0.2) is 13.8 Å². The molecule has 1 aromatic carbocycles. The summed E-state index contributed by atoms with van der Waals surface area (Å²) in [5, 5.41) is 13.1. The third kappa shape index (κ3) is 6.34. The lowest BCUT2D eigenvalue weighted by Gasteiger charge is -2.25. The van der Waals surface area contributed by atoms with Crippen molar-refractivity contribution < 1.29 is 46.9 Å². The first-order valence-corrected chi connectivity index (χ1v) is 13.5. The van der Waals surface area contributed by atoms with E-state index < -0.39 is 67.8 Å². The largest absolute Gasteiger partial charge is 0.462 e. The monoisotopic (exact) mass is 573 g/mol. The van der Waals surface area contributed by atoms with Gasteiger partial charge >= 0.3 is 19.4 Å². The van der Waals surface area contributed by atoms with Gasteiger partial charge in [-0.3, -0.25) is 23.7 Å². The summed E-state index contributed by atoms with van der Waals surface area (Å²) in [6, 6.07) is 4.17. The van der Waals surface area contributed by atoms with Crippen molar-refractivity contribution in [1.82, 2.24) is 14.6 Å². The average Bonchev–Trinajstić information content (AvgIpc) is 3.39. The first kappa shape index (κ1) is 28.8. The molecule has 2 aliphatic rings. The smallest absolute Gasteiger partial charge is 0.459 e. The maximum absolute atomic E-state index is 15.5. The van der Waals surface area contributed by atoms with Crippen molar-refractivity contribution in [2.24, 2.45) is 0 Å². The number of carbonyl (C=O) groups excluding carboxylic acids is 1. The Balaban J connectivity index is 1.54. The zero-order valence-electron chi connectivity index (χ0n) is 21.5. The van der Waals surface area contributed by atoms with E-state index in [1.54, 1.807) is 13.8 Å². The molecule has 6 atom stereocenters. The molecule has 2 aliphatic heterocycles. The maximum atomic E-state index is 15.5. The second-order valence-electron chi connectivity index (χ2n) is 9.38. The number of hydrogen-bond acceptors (Lipinski definition) is 11. The van der Waals surface area contributed by atoms with E-state index in [1.807, 2.05) is 4.98 Å². The van der Waals surface area contributed by atoms with Crippen molar-refractivity contribution in [1.29, 1.82) is 0 Å². The van der Waals surface area contributed by atoms with E-state index >= 15 is 4.39 Å². The van der Waals surface area contributed by atoms with Crippen molar-refractivity contribution in [3.8, 4) is 17.2 Å². The highest BCUT2D eigenvalue weighted by molar-refractivity contribution is 7.52. The lowest BCUT2D eigenvalue weighted by molar-refractivity contribution is -0.149. The number of aliphatic hydroxyl groups is 1. The van der Waals surface area contributed by atoms with E-state index in [2.05, 4.69) is 5.09 Å². The fourth-order valence-corrected chi connectivity index (χ4v) is 5.41. The Bertz CT molecular complexity index is 1380. The number of nitrogens with one attached hydrogen (secondary N) is 2. The SMILES string of the molecule is CC(C)OC(=O)[C@H](C)NP(=O)(OC[C@H]1O[C@@H](n2ccc(=O)[nH]c2=O)[C@](C)(F)[C@@H]1O)Oc1ccc2c(c1)OCO2. The molecule has 0 bridgehead atoms. The zero-order chi connectivity index (χ0) is 28.5. The minimum atomic E-state index is -4.43. The van der Waals surface area contributed by atoms with Gasteiger partial charge in [-0.1, -0.05) is 0 Å². The van der Waals surface area contributed by atoms with Crippen LogP contribution in [-0.2, 0) is 23.4 Å². The fraction of sp³-hybridized carbons (Fsp3) is 0.522. The number of rotatable bonds is 10. The van der Waals surface area contributed by atoms with Gasteiger partial charge in [0.05, 0.1) is 12.7 Å². The van der Waals surface area contributed by atoms with Gasteiger partial charge in [0.15, 0.2) is 23.4 Å². The van der Waals surface area contributed by atoms with E-state index in [0.717, 1.165) is 23.8 Å². The van der Waals surface area contributed by atoms with Crippen LogP contribution in [0.15, 0.2) is 40.1 Å². The molecule has 0 saturated carbocycles. The number of aliphatic hydroxyl groups excluding tert-OH is 1. The van der Waals surface area contributed by atoms with Gasteiger partial charge in [-0.2, -0.15) is 5.09 Å².